The van der Waals surface area contributed by atoms with Crippen LogP contribution >= 0.6 is 0 Å². The topological polar surface area (TPSA) is 12.9 Å². The monoisotopic (exact) mass is 773 g/mol. The Bertz CT molecular complexity index is 3200. The van der Waals surface area contributed by atoms with Gasteiger partial charge in [-0.05, 0) is 125 Å². The molecule has 0 amide bonds. The number of nitrogens with zero attached hydrogens (tertiary/aromatic N) is 1. The molecule has 0 N–H and O–H groups in total. The zero-order valence-corrected chi connectivity index (χ0v) is 33.5. The summed E-state index contributed by atoms with van der Waals surface area (Å²) in [4.78, 5) is 5.21. The Kier molecular flexibility index (Phi) is 8.15. The van der Waals surface area contributed by atoms with E-state index in [9.17, 15) is 0 Å². The fraction of sp³-hybridized carbons (Fsp3) is 0.0167. The predicted molar refractivity (Wildman–Crippen MR) is 253 cm³/mol. The Hall–Kier alpha value is -7.87. The molecule has 1 heterocycles. The molecule has 0 radical (unpaired) electrons. The number of fused-ring (bicyclic) bond motifs is 10. The van der Waals surface area contributed by atoms with Crippen molar-refractivity contribution in [3.63, 3.8) is 0 Å². The lowest BCUT2D eigenvalue weighted by molar-refractivity contribution is 0.794. The van der Waals surface area contributed by atoms with Crippen molar-refractivity contribution in [1.82, 2.24) is 4.98 Å². The van der Waals surface area contributed by atoms with Crippen LogP contribution in [0, 0.1) is 0 Å². The van der Waals surface area contributed by atoms with Crippen molar-refractivity contribution < 1.29 is 0 Å². The van der Waals surface area contributed by atoms with Gasteiger partial charge in [-0.25, -0.2) is 4.98 Å². The lowest BCUT2D eigenvalue weighted by Gasteiger charge is -2.30. The van der Waals surface area contributed by atoms with Crippen molar-refractivity contribution in [3.05, 3.63) is 259 Å². The van der Waals surface area contributed by atoms with Gasteiger partial charge in [-0.2, -0.15) is 0 Å². The van der Waals surface area contributed by atoms with E-state index < -0.39 is 0 Å². The van der Waals surface area contributed by atoms with Crippen LogP contribution in [0.15, 0.2) is 237 Å². The van der Waals surface area contributed by atoms with E-state index in [1.807, 2.05) is 0 Å². The van der Waals surface area contributed by atoms with E-state index in [4.69, 9.17) is 4.98 Å². The highest BCUT2D eigenvalue weighted by molar-refractivity contribution is 5.96. The number of benzene rings is 9. The van der Waals surface area contributed by atoms with E-state index in [1.165, 1.54) is 77.9 Å². The quantitative estimate of drug-likeness (QED) is 0.164. The predicted octanol–water partition coefficient (Wildman–Crippen LogP) is 15.4. The Morgan fingerprint density at radius 1 is 0.213 bits per heavy atom. The van der Waals surface area contributed by atoms with Crippen molar-refractivity contribution >= 4 is 0 Å². The summed E-state index contributed by atoms with van der Waals surface area (Å²) < 4.78 is 0. The minimum atomic E-state index is -0.331. The molecule has 1 aromatic heterocycles. The van der Waals surface area contributed by atoms with Gasteiger partial charge in [0.2, 0.25) is 0 Å². The fourth-order valence-electron chi connectivity index (χ4n) is 10.1. The van der Waals surface area contributed by atoms with Crippen LogP contribution in [0.5, 0.6) is 0 Å². The molecule has 0 bridgehead atoms. The van der Waals surface area contributed by atoms with Crippen LogP contribution in [0.4, 0.5) is 0 Å². The van der Waals surface area contributed by atoms with Crippen molar-refractivity contribution in [1.29, 1.82) is 0 Å². The smallest absolute Gasteiger partial charge is 0.0725 e. The molecule has 0 saturated heterocycles. The summed E-state index contributed by atoms with van der Waals surface area (Å²) in [6, 6.07) is 86.4. The molecule has 0 saturated carbocycles. The molecule has 9 aromatic carbocycles. The van der Waals surface area contributed by atoms with Crippen molar-refractivity contribution in [2.45, 2.75) is 5.41 Å². The Morgan fingerprint density at radius 3 is 1.10 bits per heavy atom. The Balaban J connectivity index is 0.909. The standard InChI is InChI=1S/C60H39N/c1-3-16-40(17-4-1)49-38-58(41-18-5-2-6-19-41)61-59(39-49)48-25-15-24-46(36-48)44-22-13-20-42(34-44)43-21-14-23-45(35-43)47-32-33-57-53(37-47)52-28-9-12-31-56(52)60(57)54-29-10-7-26-50(54)51-27-8-11-30-55(51)60/h1-39H. The van der Waals surface area contributed by atoms with E-state index >= 15 is 0 Å². The molecule has 12 rings (SSSR count). The summed E-state index contributed by atoms with van der Waals surface area (Å²) in [6.07, 6.45) is 0. The SMILES string of the molecule is c1ccc(-c2cc(-c3ccccc3)nc(-c3cccc(-c4cccc(-c5cccc(-c6ccc7c(c6)-c6ccccc6C76c7ccccc7-c7ccccc76)c5)c4)c3)c2)cc1. The molecule has 10 aromatic rings. The Labute approximate surface area is 357 Å². The molecule has 0 atom stereocenters. The van der Waals surface area contributed by atoms with Crippen LogP contribution in [0.3, 0.4) is 0 Å². The van der Waals surface area contributed by atoms with Crippen LogP contribution in [0.1, 0.15) is 22.3 Å². The molecule has 2 aliphatic rings. The maximum Gasteiger partial charge on any atom is 0.0725 e. The molecule has 1 heteroatoms. The van der Waals surface area contributed by atoms with Gasteiger partial charge in [-0.1, -0.05) is 200 Å². The highest BCUT2D eigenvalue weighted by Gasteiger charge is 2.51. The normalized spacial score (nSPS) is 12.7. The third-order valence-corrected chi connectivity index (χ3v) is 12.9. The zero-order valence-electron chi connectivity index (χ0n) is 33.5. The van der Waals surface area contributed by atoms with Gasteiger partial charge >= 0.3 is 0 Å². The van der Waals surface area contributed by atoms with Gasteiger partial charge in [0.05, 0.1) is 16.8 Å². The highest BCUT2D eigenvalue weighted by Crippen LogP contribution is 2.63. The first-order valence-corrected chi connectivity index (χ1v) is 21.1. The molecular formula is C60H39N. The van der Waals surface area contributed by atoms with Gasteiger partial charge < -0.3 is 0 Å². The minimum Gasteiger partial charge on any atom is -0.248 e. The number of pyridine rings is 1. The molecule has 0 unspecified atom stereocenters. The minimum absolute atomic E-state index is 0.331. The summed E-state index contributed by atoms with van der Waals surface area (Å²) in [5, 5.41) is 0. The van der Waals surface area contributed by atoms with Gasteiger partial charge in [0.1, 0.15) is 0 Å². The van der Waals surface area contributed by atoms with E-state index in [-0.39, 0.29) is 5.41 Å². The van der Waals surface area contributed by atoms with Crippen LogP contribution < -0.4 is 0 Å². The van der Waals surface area contributed by atoms with Crippen molar-refractivity contribution in [3.8, 4) is 89.3 Å². The molecule has 2 aliphatic carbocycles. The third-order valence-electron chi connectivity index (χ3n) is 12.9. The maximum atomic E-state index is 5.21. The second-order valence-corrected chi connectivity index (χ2v) is 16.2. The Morgan fingerprint density at radius 2 is 0.574 bits per heavy atom. The van der Waals surface area contributed by atoms with Crippen LogP contribution in [0.25, 0.3) is 89.3 Å². The molecule has 61 heavy (non-hydrogen) atoms. The molecule has 1 spiro atoms. The zero-order chi connectivity index (χ0) is 40.3. The summed E-state index contributed by atoms with van der Waals surface area (Å²) in [6.45, 7) is 0. The number of aromatic nitrogens is 1. The average molecular weight is 774 g/mol. The first-order chi connectivity index (χ1) is 30.2. The van der Waals surface area contributed by atoms with Gasteiger partial charge in [0.15, 0.2) is 0 Å². The molecule has 284 valence electrons. The van der Waals surface area contributed by atoms with Gasteiger partial charge in [0.25, 0.3) is 0 Å². The summed E-state index contributed by atoms with van der Waals surface area (Å²) in [5.74, 6) is 0. The lowest BCUT2D eigenvalue weighted by atomic mass is 9.70. The second kappa shape index (κ2) is 14.2. The van der Waals surface area contributed by atoms with Gasteiger partial charge in [-0.3, -0.25) is 0 Å². The third kappa shape index (κ3) is 5.66. The average Bonchev–Trinajstić information content (AvgIpc) is 3.82. The maximum absolute atomic E-state index is 5.21. The van der Waals surface area contributed by atoms with E-state index in [2.05, 4.69) is 237 Å². The van der Waals surface area contributed by atoms with E-state index in [0.717, 1.165) is 33.6 Å². The molecule has 0 fully saturated rings. The van der Waals surface area contributed by atoms with Crippen molar-refractivity contribution in [2.24, 2.45) is 0 Å². The van der Waals surface area contributed by atoms with Crippen LogP contribution in [0.2, 0.25) is 0 Å². The van der Waals surface area contributed by atoms with E-state index in [1.54, 1.807) is 0 Å². The first-order valence-electron chi connectivity index (χ1n) is 21.1. The van der Waals surface area contributed by atoms with Crippen LogP contribution in [-0.4, -0.2) is 4.98 Å². The van der Waals surface area contributed by atoms with Gasteiger partial charge in [-0.15, -0.1) is 0 Å². The second-order valence-electron chi connectivity index (χ2n) is 16.2. The van der Waals surface area contributed by atoms with E-state index in [0.29, 0.717) is 0 Å². The molecule has 0 aliphatic heterocycles. The number of hydrogen-bond acceptors (Lipinski definition) is 1. The molecular weight excluding hydrogens is 735 g/mol. The highest BCUT2D eigenvalue weighted by atomic mass is 14.7. The number of hydrogen-bond donors (Lipinski definition) is 0. The summed E-state index contributed by atoms with van der Waals surface area (Å²) in [7, 11) is 0. The molecule has 1 nitrogen and oxygen atoms in total. The fourth-order valence-corrected chi connectivity index (χ4v) is 10.1. The lowest BCUT2D eigenvalue weighted by Crippen LogP contribution is -2.25. The summed E-state index contributed by atoms with van der Waals surface area (Å²) in [5.41, 5.74) is 24.0. The largest absolute Gasteiger partial charge is 0.248 e. The number of rotatable bonds is 6. The van der Waals surface area contributed by atoms with Gasteiger partial charge in [0, 0.05) is 11.1 Å². The van der Waals surface area contributed by atoms with Crippen molar-refractivity contribution in [2.75, 3.05) is 0 Å². The van der Waals surface area contributed by atoms with Crippen LogP contribution in [-0.2, 0) is 5.41 Å². The summed E-state index contributed by atoms with van der Waals surface area (Å²) >= 11 is 0. The first kappa shape index (κ1) is 35.1.